The summed E-state index contributed by atoms with van der Waals surface area (Å²) in [5.74, 6) is -0.00877. The van der Waals surface area contributed by atoms with Crippen LogP contribution in [0.1, 0.15) is 11.3 Å². The molecule has 0 aliphatic heterocycles. The van der Waals surface area contributed by atoms with E-state index in [1.165, 1.54) is 11.3 Å². The molecule has 0 atom stereocenters. The molecule has 1 aromatic heterocycles. The van der Waals surface area contributed by atoms with Crippen molar-refractivity contribution in [3.63, 3.8) is 0 Å². The molecule has 0 unspecified atom stereocenters. The average Bonchev–Trinajstić information content (AvgIpc) is 2.78. The molecule has 4 nitrogen and oxygen atoms in total. The van der Waals surface area contributed by atoms with Crippen molar-refractivity contribution in [1.82, 2.24) is 10.3 Å². The van der Waals surface area contributed by atoms with Crippen LogP contribution in [0.5, 0.6) is 0 Å². The zero-order valence-electron chi connectivity index (χ0n) is 10.2. The first-order valence-corrected chi connectivity index (χ1v) is 7.10. The second-order valence-corrected chi connectivity index (χ2v) is 5.41. The zero-order valence-corrected chi connectivity index (χ0v) is 11.8. The van der Waals surface area contributed by atoms with Crippen LogP contribution in [0.15, 0.2) is 29.6 Å². The lowest BCUT2D eigenvalue weighted by atomic mass is 10.1. The number of carbonyl (C=O) groups excluding carboxylic acids is 1. The molecule has 1 heterocycles. The maximum absolute atomic E-state index is 11.7. The Morgan fingerprint density at radius 1 is 1.37 bits per heavy atom. The van der Waals surface area contributed by atoms with Crippen LogP contribution in [0.4, 0.5) is 5.13 Å². The van der Waals surface area contributed by atoms with Crippen LogP contribution in [0, 0.1) is 0 Å². The van der Waals surface area contributed by atoms with Crippen molar-refractivity contribution in [3.05, 3.63) is 45.9 Å². The SMILES string of the molecule is Nc1nc(CCNC(=O)Cc2ccc(Cl)cc2)cs1. The topological polar surface area (TPSA) is 68.0 Å². The van der Waals surface area contributed by atoms with Gasteiger partial charge >= 0.3 is 0 Å². The van der Waals surface area contributed by atoms with Crippen LogP contribution < -0.4 is 11.1 Å². The average molecular weight is 296 g/mol. The van der Waals surface area contributed by atoms with Crippen molar-refractivity contribution < 1.29 is 4.79 Å². The van der Waals surface area contributed by atoms with Gasteiger partial charge in [-0.2, -0.15) is 0 Å². The number of carbonyl (C=O) groups is 1. The predicted octanol–water partition coefficient (Wildman–Crippen LogP) is 2.28. The van der Waals surface area contributed by atoms with Crippen molar-refractivity contribution in [1.29, 1.82) is 0 Å². The molecule has 6 heteroatoms. The Balaban J connectivity index is 1.74. The molecule has 1 amide bonds. The second-order valence-electron chi connectivity index (χ2n) is 4.08. The number of halogens is 1. The molecule has 0 spiro atoms. The van der Waals surface area contributed by atoms with Gasteiger partial charge in [0.2, 0.25) is 5.91 Å². The van der Waals surface area contributed by atoms with E-state index in [9.17, 15) is 4.79 Å². The maximum atomic E-state index is 11.7. The number of rotatable bonds is 5. The fourth-order valence-corrected chi connectivity index (χ4v) is 2.34. The first-order valence-electron chi connectivity index (χ1n) is 5.84. The lowest BCUT2D eigenvalue weighted by Crippen LogP contribution is -2.27. The summed E-state index contributed by atoms with van der Waals surface area (Å²) in [6.45, 7) is 0.565. The van der Waals surface area contributed by atoms with Gasteiger partial charge in [-0.1, -0.05) is 23.7 Å². The highest BCUT2D eigenvalue weighted by Gasteiger charge is 2.04. The molecule has 0 radical (unpaired) electrons. The van der Waals surface area contributed by atoms with Gasteiger partial charge in [-0.3, -0.25) is 4.79 Å². The number of nitrogens with two attached hydrogens (primary N) is 1. The van der Waals surface area contributed by atoms with Crippen LogP contribution in [0.2, 0.25) is 5.02 Å². The third kappa shape index (κ3) is 4.54. The van der Waals surface area contributed by atoms with E-state index in [0.717, 1.165) is 11.3 Å². The Kier molecular flexibility index (Phi) is 4.76. The number of anilines is 1. The lowest BCUT2D eigenvalue weighted by Gasteiger charge is -2.04. The molecule has 0 aliphatic carbocycles. The Hall–Kier alpha value is -1.59. The number of nitrogens with zero attached hydrogens (tertiary/aromatic N) is 1. The molecule has 0 fully saturated rings. The number of benzene rings is 1. The highest BCUT2D eigenvalue weighted by atomic mass is 35.5. The minimum atomic E-state index is -0.00877. The Morgan fingerprint density at radius 2 is 2.11 bits per heavy atom. The van der Waals surface area contributed by atoms with Gasteiger partial charge in [-0.05, 0) is 17.7 Å². The van der Waals surface area contributed by atoms with Crippen LogP contribution in [0.25, 0.3) is 0 Å². The van der Waals surface area contributed by atoms with Crippen LogP contribution in [-0.2, 0) is 17.6 Å². The number of hydrogen-bond donors (Lipinski definition) is 2. The van der Waals surface area contributed by atoms with Crippen molar-refractivity contribution >= 4 is 34.0 Å². The van der Waals surface area contributed by atoms with Gasteiger partial charge in [0.25, 0.3) is 0 Å². The molecule has 0 saturated heterocycles. The second kappa shape index (κ2) is 6.54. The summed E-state index contributed by atoms with van der Waals surface area (Å²) in [5, 5.41) is 5.99. The number of hydrogen-bond acceptors (Lipinski definition) is 4. The molecule has 19 heavy (non-hydrogen) atoms. The molecular weight excluding hydrogens is 282 g/mol. The summed E-state index contributed by atoms with van der Waals surface area (Å²) in [5.41, 5.74) is 7.39. The van der Waals surface area contributed by atoms with E-state index in [1.807, 2.05) is 17.5 Å². The molecule has 0 aliphatic rings. The summed E-state index contributed by atoms with van der Waals surface area (Å²) in [6, 6.07) is 7.26. The Morgan fingerprint density at radius 3 is 2.74 bits per heavy atom. The third-order valence-corrected chi connectivity index (χ3v) is 3.53. The van der Waals surface area contributed by atoms with E-state index >= 15 is 0 Å². The van der Waals surface area contributed by atoms with Gasteiger partial charge in [0.15, 0.2) is 5.13 Å². The van der Waals surface area contributed by atoms with E-state index in [0.29, 0.717) is 29.5 Å². The molecular formula is C13H14ClN3OS. The molecule has 0 saturated carbocycles. The third-order valence-electron chi connectivity index (χ3n) is 2.55. The van der Waals surface area contributed by atoms with E-state index in [2.05, 4.69) is 10.3 Å². The molecule has 0 bridgehead atoms. The van der Waals surface area contributed by atoms with Gasteiger partial charge in [-0.25, -0.2) is 4.98 Å². The first-order chi connectivity index (χ1) is 9.13. The van der Waals surface area contributed by atoms with Gasteiger partial charge in [0, 0.05) is 23.4 Å². The van der Waals surface area contributed by atoms with Gasteiger partial charge < -0.3 is 11.1 Å². The summed E-state index contributed by atoms with van der Waals surface area (Å²) < 4.78 is 0. The number of nitrogens with one attached hydrogen (secondary N) is 1. The van der Waals surface area contributed by atoms with E-state index in [-0.39, 0.29) is 5.91 Å². The summed E-state index contributed by atoms with van der Waals surface area (Å²) in [7, 11) is 0. The van der Waals surface area contributed by atoms with E-state index in [1.54, 1.807) is 12.1 Å². The summed E-state index contributed by atoms with van der Waals surface area (Å²) in [4.78, 5) is 15.8. The Bertz CT molecular complexity index is 553. The molecule has 2 aromatic rings. The standard InChI is InChI=1S/C13H14ClN3OS/c14-10-3-1-9(2-4-10)7-12(18)16-6-5-11-8-19-13(15)17-11/h1-4,8H,5-7H2,(H2,15,17)(H,16,18). The highest BCUT2D eigenvalue weighted by molar-refractivity contribution is 7.13. The van der Waals surface area contributed by atoms with Gasteiger partial charge in [-0.15, -0.1) is 11.3 Å². The Labute approximate surface area is 120 Å². The van der Waals surface area contributed by atoms with Crippen molar-refractivity contribution in [2.75, 3.05) is 12.3 Å². The minimum Gasteiger partial charge on any atom is -0.375 e. The van der Waals surface area contributed by atoms with E-state index in [4.69, 9.17) is 17.3 Å². The van der Waals surface area contributed by atoms with Gasteiger partial charge in [0.05, 0.1) is 12.1 Å². The van der Waals surface area contributed by atoms with Crippen molar-refractivity contribution in [2.24, 2.45) is 0 Å². The first kappa shape index (κ1) is 13.8. The minimum absolute atomic E-state index is 0.00877. The lowest BCUT2D eigenvalue weighted by molar-refractivity contribution is -0.120. The zero-order chi connectivity index (χ0) is 13.7. The number of thiazole rings is 1. The molecule has 3 N–H and O–H groups in total. The monoisotopic (exact) mass is 295 g/mol. The largest absolute Gasteiger partial charge is 0.375 e. The van der Waals surface area contributed by atoms with Crippen LogP contribution in [-0.4, -0.2) is 17.4 Å². The predicted molar refractivity (Wildman–Crippen MR) is 78.4 cm³/mol. The molecule has 100 valence electrons. The maximum Gasteiger partial charge on any atom is 0.224 e. The van der Waals surface area contributed by atoms with Crippen LogP contribution >= 0.6 is 22.9 Å². The smallest absolute Gasteiger partial charge is 0.224 e. The summed E-state index contributed by atoms with van der Waals surface area (Å²) >= 11 is 7.19. The number of aromatic nitrogens is 1. The fourth-order valence-electron chi connectivity index (χ4n) is 1.62. The highest BCUT2D eigenvalue weighted by Crippen LogP contribution is 2.11. The van der Waals surface area contributed by atoms with E-state index < -0.39 is 0 Å². The summed E-state index contributed by atoms with van der Waals surface area (Å²) in [6.07, 6.45) is 1.05. The van der Waals surface area contributed by atoms with Crippen molar-refractivity contribution in [2.45, 2.75) is 12.8 Å². The normalized spacial score (nSPS) is 10.4. The molecule has 1 aromatic carbocycles. The fraction of sp³-hybridized carbons (Fsp3) is 0.231. The van der Waals surface area contributed by atoms with Crippen molar-refractivity contribution in [3.8, 4) is 0 Å². The molecule has 2 rings (SSSR count). The van der Waals surface area contributed by atoms with Gasteiger partial charge in [0.1, 0.15) is 0 Å². The number of amides is 1. The number of nitrogen functional groups attached to an aromatic ring is 1. The van der Waals surface area contributed by atoms with Crippen LogP contribution in [0.3, 0.4) is 0 Å². The quantitative estimate of drug-likeness (QED) is 0.889.